The van der Waals surface area contributed by atoms with Gasteiger partial charge in [0.1, 0.15) is 0 Å². The van der Waals surface area contributed by atoms with Crippen LogP contribution in [0.15, 0.2) is 18.2 Å². The standard InChI is InChI=1S/C21H28N4O4/c26-20-6-3-10-23(20)11-4-9-22-21(27)17-14-15-13-16(25(28)29)7-8-18(15)24-12-2-1-5-19(17)24/h7-8,13,17,19H,1-6,9-12,14H2,(H,22,27)/t17-,19-/m0/s1. The van der Waals surface area contributed by atoms with Crippen molar-refractivity contribution in [2.24, 2.45) is 5.92 Å². The second-order valence-electron chi connectivity index (χ2n) is 8.27. The van der Waals surface area contributed by atoms with E-state index in [1.54, 1.807) is 12.1 Å². The molecule has 3 aliphatic heterocycles. The Morgan fingerprint density at radius 1 is 1.24 bits per heavy atom. The van der Waals surface area contributed by atoms with Gasteiger partial charge in [-0.15, -0.1) is 0 Å². The van der Waals surface area contributed by atoms with Gasteiger partial charge in [0.2, 0.25) is 11.8 Å². The molecule has 0 aliphatic carbocycles. The number of nitrogens with one attached hydrogen (secondary N) is 1. The molecule has 0 radical (unpaired) electrons. The molecule has 2 atom stereocenters. The van der Waals surface area contributed by atoms with Gasteiger partial charge in [-0.25, -0.2) is 0 Å². The summed E-state index contributed by atoms with van der Waals surface area (Å²) in [7, 11) is 0. The molecule has 0 spiro atoms. The van der Waals surface area contributed by atoms with Gasteiger partial charge in [0.25, 0.3) is 5.69 Å². The summed E-state index contributed by atoms with van der Waals surface area (Å²) in [6.45, 7) is 2.94. The van der Waals surface area contributed by atoms with Gasteiger partial charge < -0.3 is 15.1 Å². The largest absolute Gasteiger partial charge is 0.368 e. The first-order chi connectivity index (χ1) is 14.0. The number of piperidine rings is 1. The molecular weight excluding hydrogens is 372 g/mol. The third-order valence-corrected chi connectivity index (χ3v) is 6.45. The van der Waals surface area contributed by atoms with Crippen LogP contribution in [0.25, 0.3) is 0 Å². The zero-order chi connectivity index (χ0) is 20.4. The monoisotopic (exact) mass is 400 g/mol. The Morgan fingerprint density at radius 2 is 2.10 bits per heavy atom. The summed E-state index contributed by atoms with van der Waals surface area (Å²) < 4.78 is 0. The molecule has 1 aromatic carbocycles. The van der Waals surface area contributed by atoms with E-state index in [2.05, 4.69) is 10.2 Å². The minimum absolute atomic E-state index is 0.0202. The van der Waals surface area contributed by atoms with E-state index in [1.165, 1.54) is 0 Å². The molecule has 3 aliphatic rings. The quantitative estimate of drug-likeness (QED) is 0.449. The molecule has 0 unspecified atom stereocenters. The molecule has 0 bridgehead atoms. The van der Waals surface area contributed by atoms with Gasteiger partial charge in [-0.2, -0.15) is 0 Å². The maximum Gasteiger partial charge on any atom is 0.269 e. The molecule has 2 amide bonds. The maximum absolute atomic E-state index is 13.0. The predicted molar refractivity (Wildman–Crippen MR) is 109 cm³/mol. The highest BCUT2D eigenvalue weighted by Crippen LogP contribution is 2.39. The van der Waals surface area contributed by atoms with E-state index in [0.717, 1.165) is 56.4 Å². The predicted octanol–water partition coefficient (Wildman–Crippen LogP) is 2.25. The zero-order valence-electron chi connectivity index (χ0n) is 16.6. The molecular formula is C21H28N4O4. The Labute approximate surface area is 170 Å². The average molecular weight is 400 g/mol. The lowest BCUT2D eigenvalue weighted by Crippen LogP contribution is -2.53. The number of non-ortho nitro benzene ring substituents is 1. The molecule has 0 saturated carbocycles. The van der Waals surface area contributed by atoms with Crippen molar-refractivity contribution in [1.29, 1.82) is 0 Å². The van der Waals surface area contributed by atoms with Gasteiger partial charge >= 0.3 is 0 Å². The number of nitro groups is 1. The molecule has 29 heavy (non-hydrogen) atoms. The van der Waals surface area contributed by atoms with Gasteiger partial charge in [-0.3, -0.25) is 19.7 Å². The number of nitro benzene ring substituents is 1. The molecule has 2 saturated heterocycles. The Morgan fingerprint density at radius 3 is 2.86 bits per heavy atom. The van der Waals surface area contributed by atoms with E-state index in [0.29, 0.717) is 25.9 Å². The molecule has 156 valence electrons. The summed E-state index contributed by atoms with van der Waals surface area (Å²) in [5.41, 5.74) is 2.01. The van der Waals surface area contributed by atoms with E-state index < -0.39 is 0 Å². The van der Waals surface area contributed by atoms with Crippen LogP contribution in [0.3, 0.4) is 0 Å². The summed E-state index contributed by atoms with van der Waals surface area (Å²) in [5.74, 6) is 0.0321. The summed E-state index contributed by atoms with van der Waals surface area (Å²) in [5, 5.41) is 14.2. The Hall–Kier alpha value is -2.64. The summed E-state index contributed by atoms with van der Waals surface area (Å²) in [6, 6.07) is 5.18. The number of amides is 2. The lowest BCUT2D eigenvalue weighted by molar-refractivity contribution is -0.384. The molecule has 0 aromatic heterocycles. The molecule has 1 aromatic rings. The van der Waals surface area contributed by atoms with Gasteiger partial charge in [0.15, 0.2) is 0 Å². The van der Waals surface area contributed by atoms with E-state index in [9.17, 15) is 19.7 Å². The van der Waals surface area contributed by atoms with Crippen LogP contribution in [0.4, 0.5) is 11.4 Å². The fourth-order valence-corrected chi connectivity index (χ4v) is 5.00. The third kappa shape index (κ3) is 4.06. The maximum atomic E-state index is 13.0. The molecule has 8 nitrogen and oxygen atoms in total. The van der Waals surface area contributed by atoms with E-state index in [4.69, 9.17) is 0 Å². The van der Waals surface area contributed by atoms with Gasteiger partial charge in [0, 0.05) is 56.5 Å². The highest BCUT2D eigenvalue weighted by molar-refractivity contribution is 5.82. The minimum atomic E-state index is -0.378. The molecule has 2 fully saturated rings. The van der Waals surface area contributed by atoms with Crippen LogP contribution in [0.2, 0.25) is 0 Å². The van der Waals surface area contributed by atoms with Crippen molar-refractivity contribution in [3.05, 3.63) is 33.9 Å². The summed E-state index contributed by atoms with van der Waals surface area (Å²) >= 11 is 0. The zero-order valence-corrected chi connectivity index (χ0v) is 16.6. The van der Waals surface area contributed by atoms with Crippen molar-refractivity contribution in [1.82, 2.24) is 10.2 Å². The number of hydrogen-bond donors (Lipinski definition) is 1. The van der Waals surface area contributed by atoms with Crippen LogP contribution in [0.5, 0.6) is 0 Å². The Bertz CT molecular complexity index is 812. The molecule has 3 heterocycles. The molecule has 1 N–H and O–H groups in total. The topological polar surface area (TPSA) is 95.8 Å². The fourth-order valence-electron chi connectivity index (χ4n) is 5.00. The second-order valence-corrected chi connectivity index (χ2v) is 8.27. The van der Waals surface area contributed by atoms with Gasteiger partial charge in [-0.05, 0) is 50.2 Å². The number of anilines is 1. The lowest BCUT2D eigenvalue weighted by atomic mass is 9.80. The van der Waals surface area contributed by atoms with E-state index in [1.807, 2.05) is 11.0 Å². The van der Waals surface area contributed by atoms with Crippen molar-refractivity contribution in [3.63, 3.8) is 0 Å². The smallest absolute Gasteiger partial charge is 0.269 e. The first-order valence-electron chi connectivity index (χ1n) is 10.6. The van der Waals surface area contributed by atoms with E-state index >= 15 is 0 Å². The first-order valence-corrected chi connectivity index (χ1v) is 10.6. The van der Waals surface area contributed by atoms with Crippen LogP contribution in [0.1, 0.15) is 44.1 Å². The van der Waals surface area contributed by atoms with Crippen molar-refractivity contribution in [2.45, 2.75) is 51.0 Å². The average Bonchev–Trinajstić information content (AvgIpc) is 3.14. The minimum Gasteiger partial charge on any atom is -0.368 e. The lowest BCUT2D eigenvalue weighted by Gasteiger charge is -2.45. The summed E-state index contributed by atoms with van der Waals surface area (Å²) in [6.07, 6.45) is 6.00. The Kier molecular flexibility index (Phi) is 5.69. The van der Waals surface area contributed by atoms with Crippen molar-refractivity contribution in [3.8, 4) is 0 Å². The number of fused-ring (bicyclic) bond motifs is 3. The highest BCUT2D eigenvalue weighted by atomic mass is 16.6. The first kappa shape index (κ1) is 19.7. The number of carbonyl (C=O) groups is 2. The molecule has 4 rings (SSSR count). The normalized spacial score (nSPS) is 23.5. The molecule has 8 heteroatoms. The Balaban J connectivity index is 1.42. The van der Waals surface area contributed by atoms with Gasteiger partial charge in [0.05, 0.1) is 10.8 Å². The third-order valence-electron chi connectivity index (χ3n) is 6.45. The van der Waals surface area contributed by atoms with Crippen LogP contribution in [0, 0.1) is 16.0 Å². The van der Waals surface area contributed by atoms with Crippen LogP contribution < -0.4 is 10.2 Å². The van der Waals surface area contributed by atoms with Crippen LogP contribution >= 0.6 is 0 Å². The van der Waals surface area contributed by atoms with Crippen molar-refractivity contribution in [2.75, 3.05) is 31.1 Å². The van der Waals surface area contributed by atoms with Crippen molar-refractivity contribution >= 4 is 23.2 Å². The number of likely N-dealkylation sites (tertiary alicyclic amines) is 1. The SMILES string of the molecule is O=C(NCCCN1CCCC1=O)[C@H]1Cc2cc([N+](=O)[O-])ccc2N2CCCC[C@@H]12. The number of carbonyl (C=O) groups excluding carboxylic acids is 2. The van der Waals surface area contributed by atoms with Crippen LogP contribution in [-0.2, 0) is 16.0 Å². The number of nitrogens with zero attached hydrogens (tertiary/aromatic N) is 3. The fraction of sp³-hybridized carbons (Fsp3) is 0.619. The second kappa shape index (κ2) is 8.39. The number of benzene rings is 1. The highest BCUT2D eigenvalue weighted by Gasteiger charge is 2.39. The van der Waals surface area contributed by atoms with Gasteiger partial charge in [-0.1, -0.05) is 0 Å². The number of hydrogen-bond acceptors (Lipinski definition) is 5. The van der Waals surface area contributed by atoms with Crippen molar-refractivity contribution < 1.29 is 14.5 Å². The summed E-state index contributed by atoms with van der Waals surface area (Å²) in [4.78, 5) is 39.6. The van der Waals surface area contributed by atoms with E-state index in [-0.39, 0.29) is 34.4 Å². The number of rotatable bonds is 6. The van der Waals surface area contributed by atoms with Crippen LogP contribution in [-0.4, -0.2) is 53.9 Å².